The molecule has 2 heteroatoms. The summed E-state index contributed by atoms with van der Waals surface area (Å²) in [5.74, 6) is 0.914. The van der Waals surface area contributed by atoms with Crippen LogP contribution in [-0.2, 0) is 0 Å². The zero-order valence-corrected chi connectivity index (χ0v) is 7.03. The van der Waals surface area contributed by atoms with E-state index in [4.69, 9.17) is 0 Å². The van der Waals surface area contributed by atoms with Crippen LogP contribution in [0.15, 0.2) is 24.5 Å². The average molecular weight is 160 g/mol. The molecule has 1 aromatic rings. The van der Waals surface area contributed by atoms with Crippen LogP contribution in [0.2, 0.25) is 0 Å². The minimum atomic E-state index is 0.914. The van der Waals surface area contributed by atoms with E-state index in [1.54, 1.807) is 12.4 Å². The number of hydrogen-bond donors (Lipinski definition) is 0. The van der Waals surface area contributed by atoms with Gasteiger partial charge in [-0.25, -0.2) is 9.97 Å². The second kappa shape index (κ2) is 3.48. The Hall–Kier alpha value is -1.18. The molecule has 1 heterocycles. The maximum Gasteiger partial charge on any atom is 0.154 e. The summed E-state index contributed by atoms with van der Waals surface area (Å²) in [6.45, 7) is 0. The highest BCUT2D eigenvalue weighted by atomic mass is 14.9. The summed E-state index contributed by atoms with van der Waals surface area (Å²) in [5.41, 5.74) is 1.32. The fraction of sp³-hybridized carbons (Fsp3) is 0.400. The Morgan fingerprint density at radius 2 is 1.92 bits per heavy atom. The van der Waals surface area contributed by atoms with Crippen LogP contribution in [0.5, 0.6) is 0 Å². The van der Waals surface area contributed by atoms with E-state index >= 15 is 0 Å². The van der Waals surface area contributed by atoms with Gasteiger partial charge in [-0.3, -0.25) is 0 Å². The molecule has 2 rings (SSSR count). The van der Waals surface area contributed by atoms with Crippen molar-refractivity contribution < 1.29 is 0 Å². The zero-order valence-electron chi connectivity index (χ0n) is 7.03. The molecule has 0 atom stereocenters. The number of rotatable bonds is 1. The average Bonchev–Trinajstić information content (AvgIpc) is 2.21. The Labute approximate surface area is 72.4 Å². The highest BCUT2D eigenvalue weighted by molar-refractivity contribution is 5.59. The number of aromatic nitrogens is 2. The number of hydrogen-bond acceptors (Lipinski definition) is 2. The zero-order chi connectivity index (χ0) is 8.23. The summed E-state index contributed by atoms with van der Waals surface area (Å²) in [7, 11) is 0. The maximum atomic E-state index is 4.22. The first-order valence-corrected chi connectivity index (χ1v) is 4.43. The first kappa shape index (κ1) is 7.47. The number of nitrogens with zero attached hydrogens (tertiary/aromatic N) is 2. The lowest BCUT2D eigenvalue weighted by molar-refractivity contribution is 0.737. The first-order chi connectivity index (χ1) is 5.97. The van der Waals surface area contributed by atoms with Crippen LogP contribution in [0.1, 0.15) is 31.5 Å². The van der Waals surface area contributed by atoms with E-state index < -0.39 is 0 Å². The van der Waals surface area contributed by atoms with Gasteiger partial charge in [0.2, 0.25) is 0 Å². The van der Waals surface area contributed by atoms with Gasteiger partial charge >= 0.3 is 0 Å². The van der Waals surface area contributed by atoms with Crippen molar-refractivity contribution in [1.82, 2.24) is 9.97 Å². The summed E-state index contributed by atoms with van der Waals surface area (Å²) in [5, 5.41) is 0. The molecule has 0 saturated carbocycles. The lowest BCUT2D eigenvalue weighted by Crippen LogP contribution is -1.96. The molecule has 0 saturated heterocycles. The lowest BCUT2D eigenvalue weighted by Gasteiger charge is -2.10. The van der Waals surface area contributed by atoms with Crippen molar-refractivity contribution in [3.05, 3.63) is 30.4 Å². The van der Waals surface area contributed by atoms with Gasteiger partial charge in [0.25, 0.3) is 0 Å². The molecule has 0 aromatic carbocycles. The molecule has 0 fully saturated rings. The Bertz CT molecular complexity index is 277. The highest BCUT2D eigenvalue weighted by Crippen LogP contribution is 2.23. The van der Waals surface area contributed by atoms with Crippen molar-refractivity contribution in [3.8, 4) is 0 Å². The van der Waals surface area contributed by atoms with Gasteiger partial charge in [-0.1, -0.05) is 6.08 Å². The van der Waals surface area contributed by atoms with Gasteiger partial charge < -0.3 is 0 Å². The molecule has 1 aromatic heterocycles. The molecule has 0 N–H and O–H groups in total. The van der Waals surface area contributed by atoms with Crippen LogP contribution in [0.3, 0.4) is 0 Å². The SMILES string of the molecule is C1=C(c2ncccn2)CCCC1. The monoisotopic (exact) mass is 160 g/mol. The lowest BCUT2D eigenvalue weighted by atomic mass is 9.99. The minimum absolute atomic E-state index is 0.914. The summed E-state index contributed by atoms with van der Waals surface area (Å²) >= 11 is 0. The molecule has 0 unspecified atom stereocenters. The van der Waals surface area contributed by atoms with Crippen LogP contribution in [0, 0.1) is 0 Å². The largest absolute Gasteiger partial charge is 0.237 e. The molecule has 1 aliphatic carbocycles. The van der Waals surface area contributed by atoms with Gasteiger partial charge in [0.15, 0.2) is 5.82 Å². The summed E-state index contributed by atoms with van der Waals surface area (Å²) in [4.78, 5) is 8.45. The fourth-order valence-corrected chi connectivity index (χ4v) is 1.51. The van der Waals surface area contributed by atoms with Crippen molar-refractivity contribution in [1.29, 1.82) is 0 Å². The summed E-state index contributed by atoms with van der Waals surface area (Å²) in [6, 6.07) is 1.85. The maximum absolute atomic E-state index is 4.22. The van der Waals surface area contributed by atoms with Gasteiger partial charge in [-0.15, -0.1) is 0 Å². The van der Waals surface area contributed by atoms with Crippen LogP contribution in [0.25, 0.3) is 5.57 Å². The van der Waals surface area contributed by atoms with E-state index in [-0.39, 0.29) is 0 Å². The second-order valence-electron chi connectivity index (χ2n) is 3.05. The molecule has 0 radical (unpaired) electrons. The molecule has 0 spiro atoms. The third kappa shape index (κ3) is 1.52. The van der Waals surface area contributed by atoms with E-state index in [1.165, 1.54) is 24.8 Å². The predicted octanol–water partition coefficient (Wildman–Crippen LogP) is 2.43. The standard InChI is InChI=1S/C10H12N2/c1-2-5-9(6-3-1)10-11-7-4-8-12-10/h4-5,7-8H,1-3,6H2. The van der Waals surface area contributed by atoms with Crippen molar-refractivity contribution in [2.75, 3.05) is 0 Å². The van der Waals surface area contributed by atoms with E-state index in [0.29, 0.717) is 0 Å². The molecule has 0 amide bonds. The molecule has 2 nitrogen and oxygen atoms in total. The molecule has 1 aliphatic rings. The molecule has 0 bridgehead atoms. The highest BCUT2D eigenvalue weighted by Gasteiger charge is 2.06. The van der Waals surface area contributed by atoms with E-state index in [0.717, 1.165) is 12.2 Å². The van der Waals surface area contributed by atoms with Gasteiger partial charge in [-0.05, 0) is 37.3 Å². The van der Waals surface area contributed by atoms with Crippen molar-refractivity contribution >= 4 is 5.57 Å². The van der Waals surface area contributed by atoms with Gasteiger partial charge in [0.05, 0.1) is 0 Å². The Morgan fingerprint density at radius 3 is 2.58 bits per heavy atom. The normalized spacial score (nSPS) is 17.2. The van der Waals surface area contributed by atoms with E-state index in [2.05, 4.69) is 16.0 Å². The molecule has 12 heavy (non-hydrogen) atoms. The quantitative estimate of drug-likeness (QED) is 0.630. The smallest absolute Gasteiger partial charge is 0.154 e. The predicted molar refractivity (Wildman–Crippen MR) is 48.5 cm³/mol. The second-order valence-corrected chi connectivity index (χ2v) is 3.05. The molecular formula is C10H12N2. The summed E-state index contributed by atoms with van der Waals surface area (Å²) < 4.78 is 0. The Balaban J connectivity index is 2.24. The van der Waals surface area contributed by atoms with Crippen LogP contribution in [0.4, 0.5) is 0 Å². The van der Waals surface area contributed by atoms with Gasteiger partial charge in [0, 0.05) is 12.4 Å². The van der Waals surface area contributed by atoms with Crippen LogP contribution < -0.4 is 0 Å². The Morgan fingerprint density at radius 1 is 1.08 bits per heavy atom. The van der Waals surface area contributed by atoms with Crippen molar-refractivity contribution in [2.45, 2.75) is 25.7 Å². The van der Waals surface area contributed by atoms with Crippen molar-refractivity contribution in [2.24, 2.45) is 0 Å². The van der Waals surface area contributed by atoms with Gasteiger partial charge in [0.1, 0.15) is 0 Å². The van der Waals surface area contributed by atoms with Crippen LogP contribution in [-0.4, -0.2) is 9.97 Å². The first-order valence-electron chi connectivity index (χ1n) is 4.43. The molecular weight excluding hydrogens is 148 g/mol. The van der Waals surface area contributed by atoms with Crippen LogP contribution >= 0.6 is 0 Å². The number of allylic oxidation sites excluding steroid dienone is 2. The third-order valence-electron chi connectivity index (χ3n) is 2.14. The third-order valence-corrected chi connectivity index (χ3v) is 2.14. The minimum Gasteiger partial charge on any atom is -0.237 e. The summed E-state index contributed by atoms with van der Waals surface area (Å²) in [6.07, 6.45) is 10.8. The van der Waals surface area contributed by atoms with E-state index in [1.807, 2.05) is 6.07 Å². The van der Waals surface area contributed by atoms with Crippen molar-refractivity contribution in [3.63, 3.8) is 0 Å². The van der Waals surface area contributed by atoms with Gasteiger partial charge in [-0.2, -0.15) is 0 Å². The molecule has 62 valence electrons. The molecule has 0 aliphatic heterocycles. The topological polar surface area (TPSA) is 25.8 Å². The van der Waals surface area contributed by atoms with E-state index in [9.17, 15) is 0 Å². The fourth-order valence-electron chi connectivity index (χ4n) is 1.51. The Kier molecular flexibility index (Phi) is 2.16.